The van der Waals surface area contributed by atoms with Gasteiger partial charge in [-0.2, -0.15) is 0 Å². The number of hydrogen-bond acceptors (Lipinski definition) is 1. The van der Waals surface area contributed by atoms with E-state index >= 15 is 0 Å². The molecule has 3 heteroatoms. The van der Waals surface area contributed by atoms with Crippen LogP contribution in [0.4, 0.5) is 4.39 Å². The van der Waals surface area contributed by atoms with Gasteiger partial charge in [0.05, 0.1) is 11.4 Å². The van der Waals surface area contributed by atoms with Gasteiger partial charge in [0.1, 0.15) is 0 Å². The predicted molar refractivity (Wildman–Crippen MR) is 32.8 cm³/mol. The normalized spacial score (nSPS) is 39.8. The molecule has 0 aromatic heterocycles. The third kappa shape index (κ3) is 1.42. The number of rotatable bonds is 0. The Bertz CT molecular complexity index is 68.8. The van der Waals surface area contributed by atoms with Crippen LogP contribution in [0.1, 0.15) is 12.8 Å². The molecule has 0 radical (unpaired) electrons. The summed E-state index contributed by atoms with van der Waals surface area (Å²) in [6.45, 7) is 0.573. The molecule has 0 aromatic carbocycles. The molecule has 1 fully saturated rings. The number of alkyl halides is 2. The largest absolute Gasteiger partial charge is 0.347 e. The number of halogens is 2. The lowest BCUT2D eigenvalue weighted by Gasteiger charge is -2.20. The second-order valence-electron chi connectivity index (χ2n) is 1.88. The van der Waals surface area contributed by atoms with Gasteiger partial charge < -0.3 is 4.74 Å². The molecule has 0 aromatic rings. The van der Waals surface area contributed by atoms with Crippen LogP contribution < -0.4 is 0 Å². The Morgan fingerprint density at radius 1 is 1.62 bits per heavy atom. The molecular weight excluding hydrogens is 175 g/mol. The lowest BCUT2D eigenvalue weighted by Crippen LogP contribution is -2.25. The first-order valence-electron chi connectivity index (χ1n) is 2.70. The molecule has 48 valence electrons. The smallest absolute Gasteiger partial charge is 0.211 e. The summed E-state index contributed by atoms with van der Waals surface area (Å²) in [4.78, 5) is -0.0729. The highest BCUT2D eigenvalue weighted by molar-refractivity contribution is 9.09. The molecule has 0 bridgehead atoms. The maximum absolute atomic E-state index is 12.3. The molecule has 1 nitrogen and oxygen atoms in total. The van der Waals surface area contributed by atoms with Crippen LogP contribution in [0.25, 0.3) is 0 Å². The van der Waals surface area contributed by atoms with Crippen molar-refractivity contribution in [3.8, 4) is 0 Å². The van der Waals surface area contributed by atoms with Gasteiger partial charge in [-0.15, -0.1) is 0 Å². The van der Waals surface area contributed by atoms with Crippen LogP contribution in [0.5, 0.6) is 0 Å². The topological polar surface area (TPSA) is 9.23 Å². The third-order valence-corrected chi connectivity index (χ3v) is 2.06. The molecule has 0 aliphatic carbocycles. The fourth-order valence-electron chi connectivity index (χ4n) is 0.710. The van der Waals surface area contributed by atoms with Crippen molar-refractivity contribution in [3.63, 3.8) is 0 Å². The van der Waals surface area contributed by atoms with E-state index in [1.165, 1.54) is 0 Å². The minimum atomic E-state index is -1.08. The Hall–Kier alpha value is 0.370. The number of hydrogen-bond donors (Lipinski definition) is 0. The van der Waals surface area contributed by atoms with E-state index in [1.807, 2.05) is 0 Å². The summed E-state index contributed by atoms with van der Waals surface area (Å²) in [7, 11) is 0. The fraction of sp³-hybridized carbons (Fsp3) is 1.00. The second-order valence-corrected chi connectivity index (χ2v) is 3.06. The van der Waals surface area contributed by atoms with E-state index in [2.05, 4.69) is 20.7 Å². The zero-order valence-electron chi connectivity index (χ0n) is 4.44. The zero-order valence-corrected chi connectivity index (χ0v) is 6.03. The van der Waals surface area contributed by atoms with E-state index < -0.39 is 6.36 Å². The standard InChI is InChI=1S/C5H8BrFO/c6-4-2-1-3-8-5(4)7/h4-5H,1-3H2/t4-,5+/m1/s1. The molecule has 0 N–H and O–H groups in total. The van der Waals surface area contributed by atoms with Crippen LogP contribution in [0.3, 0.4) is 0 Å². The summed E-state index contributed by atoms with van der Waals surface area (Å²) in [5.41, 5.74) is 0. The van der Waals surface area contributed by atoms with E-state index in [4.69, 9.17) is 0 Å². The van der Waals surface area contributed by atoms with E-state index in [-0.39, 0.29) is 4.83 Å². The molecule has 0 spiro atoms. The van der Waals surface area contributed by atoms with Crippen LogP contribution >= 0.6 is 15.9 Å². The van der Waals surface area contributed by atoms with E-state index in [0.29, 0.717) is 6.61 Å². The molecule has 0 unspecified atom stereocenters. The molecule has 2 atom stereocenters. The summed E-state index contributed by atoms with van der Waals surface area (Å²) < 4.78 is 17.0. The monoisotopic (exact) mass is 182 g/mol. The molecular formula is C5H8BrFO. The van der Waals surface area contributed by atoms with Crippen molar-refractivity contribution in [1.82, 2.24) is 0 Å². The molecule has 1 aliphatic rings. The highest BCUT2D eigenvalue weighted by atomic mass is 79.9. The molecule has 0 saturated carbocycles. The van der Waals surface area contributed by atoms with Crippen LogP contribution in [0.15, 0.2) is 0 Å². The number of ether oxygens (including phenoxy) is 1. The Labute approximate surface area is 56.3 Å². The SMILES string of the molecule is F[C@H]1OCCC[C@H]1Br. The van der Waals surface area contributed by atoms with E-state index in [1.54, 1.807) is 0 Å². The van der Waals surface area contributed by atoms with Gasteiger partial charge in [-0.1, -0.05) is 15.9 Å². The summed E-state index contributed by atoms with van der Waals surface area (Å²) in [5.74, 6) is 0. The quantitative estimate of drug-likeness (QED) is 0.520. The lowest BCUT2D eigenvalue weighted by atomic mass is 10.2. The highest BCUT2D eigenvalue weighted by Crippen LogP contribution is 2.21. The maximum Gasteiger partial charge on any atom is 0.211 e. The van der Waals surface area contributed by atoms with Gasteiger partial charge in [-0.25, -0.2) is 4.39 Å². The van der Waals surface area contributed by atoms with Crippen molar-refractivity contribution in [1.29, 1.82) is 0 Å². The Morgan fingerprint density at radius 3 is 2.75 bits per heavy atom. The van der Waals surface area contributed by atoms with Crippen LogP contribution in [0.2, 0.25) is 0 Å². The predicted octanol–water partition coefficient (Wildman–Crippen LogP) is 1.86. The average Bonchev–Trinajstić information content (AvgIpc) is 1.77. The minimum Gasteiger partial charge on any atom is -0.347 e. The average molecular weight is 183 g/mol. The molecule has 1 rings (SSSR count). The van der Waals surface area contributed by atoms with E-state index in [9.17, 15) is 4.39 Å². The molecule has 1 saturated heterocycles. The van der Waals surface area contributed by atoms with Crippen molar-refractivity contribution in [2.75, 3.05) is 6.61 Å². The van der Waals surface area contributed by atoms with Gasteiger partial charge in [0.25, 0.3) is 0 Å². The summed E-state index contributed by atoms with van der Waals surface area (Å²) in [5, 5.41) is 0. The Balaban J connectivity index is 2.28. The molecule has 8 heavy (non-hydrogen) atoms. The van der Waals surface area contributed by atoms with Crippen molar-refractivity contribution in [2.24, 2.45) is 0 Å². The van der Waals surface area contributed by atoms with Gasteiger partial charge in [0.2, 0.25) is 6.36 Å². The van der Waals surface area contributed by atoms with Crippen LogP contribution in [-0.2, 0) is 4.74 Å². The minimum absolute atomic E-state index is 0.0729. The van der Waals surface area contributed by atoms with Gasteiger partial charge in [0.15, 0.2) is 0 Å². The van der Waals surface area contributed by atoms with Crippen molar-refractivity contribution < 1.29 is 9.13 Å². The Morgan fingerprint density at radius 2 is 2.38 bits per heavy atom. The van der Waals surface area contributed by atoms with Crippen molar-refractivity contribution >= 4 is 15.9 Å². The van der Waals surface area contributed by atoms with Crippen molar-refractivity contribution in [2.45, 2.75) is 24.0 Å². The highest BCUT2D eigenvalue weighted by Gasteiger charge is 2.21. The third-order valence-electron chi connectivity index (χ3n) is 1.19. The maximum atomic E-state index is 12.3. The summed E-state index contributed by atoms with van der Waals surface area (Å²) in [6.07, 6.45) is 0.779. The Kier molecular flexibility index (Phi) is 2.26. The molecule has 1 aliphatic heterocycles. The lowest BCUT2D eigenvalue weighted by molar-refractivity contribution is -0.0612. The molecule has 1 heterocycles. The van der Waals surface area contributed by atoms with Gasteiger partial charge in [0, 0.05) is 0 Å². The first-order valence-corrected chi connectivity index (χ1v) is 3.62. The van der Waals surface area contributed by atoms with Gasteiger partial charge >= 0.3 is 0 Å². The van der Waals surface area contributed by atoms with Crippen molar-refractivity contribution in [3.05, 3.63) is 0 Å². The first kappa shape index (κ1) is 6.49. The fourth-order valence-corrected chi connectivity index (χ4v) is 1.19. The zero-order chi connectivity index (χ0) is 5.98. The molecule has 0 amide bonds. The first-order chi connectivity index (χ1) is 3.80. The van der Waals surface area contributed by atoms with Crippen LogP contribution in [0, 0.1) is 0 Å². The van der Waals surface area contributed by atoms with Gasteiger partial charge in [-0.05, 0) is 12.8 Å². The summed E-state index contributed by atoms with van der Waals surface area (Å²) >= 11 is 3.15. The van der Waals surface area contributed by atoms with Gasteiger partial charge in [-0.3, -0.25) is 0 Å². The second kappa shape index (κ2) is 2.78. The van der Waals surface area contributed by atoms with Crippen LogP contribution in [-0.4, -0.2) is 17.8 Å². The summed E-state index contributed by atoms with van der Waals surface area (Å²) in [6, 6.07) is 0. The van der Waals surface area contributed by atoms with E-state index in [0.717, 1.165) is 12.8 Å².